The predicted octanol–water partition coefficient (Wildman–Crippen LogP) is 0.804. The van der Waals surface area contributed by atoms with Crippen molar-refractivity contribution in [2.45, 2.75) is 12.1 Å². The van der Waals surface area contributed by atoms with Crippen LogP contribution in [0.3, 0.4) is 0 Å². The summed E-state index contributed by atoms with van der Waals surface area (Å²) in [7, 11) is 1.78. The van der Waals surface area contributed by atoms with E-state index in [2.05, 4.69) is 25.7 Å². The van der Waals surface area contributed by atoms with Gasteiger partial charge in [0.2, 0.25) is 0 Å². The Bertz CT molecular complexity index is 1220. The van der Waals surface area contributed by atoms with Crippen LogP contribution in [-0.4, -0.2) is 68.0 Å². The van der Waals surface area contributed by atoms with Crippen LogP contribution >= 0.6 is 0 Å². The van der Waals surface area contributed by atoms with E-state index in [4.69, 9.17) is 9.72 Å². The molecule has 0 bridgehead atoms. The van der Waals surface area contributed by atoms with Crippen LogP contribution in [0.15, 0.2) is 36.8 Å². The van der Waals surface area contributed by atoms with Crippen molar-refractivity contribution in [2.75, 3.05) is 25.6 Å². The van der Waals surface area contributed by atoms with Crippen molar-refractivity contribution >= 4 is 28.4 Å². The van der Waals surface area contributed by atoms with Gasteiger partial charge < -0.3 is 25.5 Å². The summed E-state index contributed by atoms with van der Waals surface area (Å²) in [5, 5.41) is 21.0. The Morgan fingerprint density at radius 2 is 2.31 bits per heavy atom. The molecule has 1 unspecified atom stereocenters. The lowest BCUT2D eigenvalue weighted by Crippen LogP contribution is -2.42. The molecule has 4 aromatic rings. The van der Waals surface area contributed by atoms with Gasteiger partial charge in [-0.3, -0.25) is 4.79 Å². The number of hydrogen-bond donors (Lipinski definition) is 4. The largest absolute Gasteiger partial charge is 0.388 e. The van der Waals surface area contributed by atoms with Crippen LogP contribution in [-0.2, 0) is 4.74 Å². The fourth-order valence-corrected chi connectivity index (χ4v) is 3.53. The molecule has 10 heteroatoms. The smallest absolute Gasteiger partial charge is 0.257 e. The number of amides is 1. The third-order valence-electron chi connectivity index (χ3n) is 5.07. The minimum absolute atomic E-state index is 0.209. The van der Waals surface area contributed by atoms with Crippen molar-refractivity contribution in [1.82, 2.24) is 29.9 Å². The molecule has 0 aliphatic carbocycles. The van der Waals surface area contributed by atoms with Gasteiger partial charge in [-0.15, -0.1) is 0 Å². The maximum atomic E-state index is 12.8. The molecule has 0 spiro atoms. The summed E-state index contributed by atoms with van der Waals surface area (Å²) in [5.74, 6) is 0.327. The zero-order chi connectivity index (χ0) is 20.0. The van der Waals surface area contributed by atoms with Crippen molar-refractivity contribution in [2.24, 2.45) is 0 Å². The lowest BCUT2D eigenvalue weighted by atomic mass is 10.1. The zero-order valence-corrected chi connectivity index (χ0v) is 15.6. The van der Waals surface area contributed by atoms with Crippen LogP contribution in [0.25, 0.3) is 27.9 Å². The fraction of sp³-hybridized carbons (Fsp3) is 0.263. The van der Waals surface area contributed by atoms with Gasteiger partial charge in [-0.25, -0.2) is 9.97 Å². The third kappa shape index (κ3) is 2.89. The standard InChI is InChI=1S/C19H19N7O3/c1-20-16-5-13(11-6-22-17-10(11)3-2-4-21-17)24-18-12(7-23-26(16)18)19(28)25-14-8-29-9-15(14)27/h2-7,14-15,20,27H,8-9H2,1H3,(H,21,22)(H,25,28)/t14-,15?/m0/s1. The Hall–Kier alpha value is -3.50. The lowest BCUT2D eigenvalue weighted by Gasteiger charge is -2.14. The quantitative estimate of drug-likeness (QED) is 0.404. The lowest BCUT2D eigenvalue weighted by molar-refractivity contribution is 0.0888. The number of pyridine rings is 1. The average molecular weight is 393 g/mol. The SMILES string of the molecule is CNc1cc(-c2c[nH]c3ncccc23)nc2c(C(=O)N[C@H]3COCC3O)cnn12. The van der Waals surface area contributed by atoms with Gasteiger partial charge in [0.1, 0.15) is 17.0 Å². The Kier molecular flexibility index (Phi) is 4.14. The van der Waals surface area contributed by atoms with Crippen LogP contribution in [0.5, 0.6) is 0 Å². The van der Waals surface area contributed by atoms with Gasteiger partial charge in [0.15, 0.2) is 5.65 Å². The highest BCUT2D eigenvalue weighted by Gasteiger charge is 2.29. The Morgan fingerprint density at radius 3 is 3.10 bits per heavy atom. The molecule has 1 aliphatic heterocycles. The monoisotopic (exact) mass is 393 g/mol. The molecule has 1 saturated heterocycles. The first-order valence-corrected chi connectivity index (χ1v) is 9.21. The first-order chi connectivity index (χ1) is 14.2. The second-order valence-corrected chi connectivity index (χ2v) is 6.86. The van der Waals surface area contributed by atoms with Gasteiger partial charge in [0.25, 0.3) is 5.91 Å². The number of anilines is 1. The first kappa shape index (κ1) is 17.6. The number of aromatic amines is 1. The normalized spacial score (nSPS) is 19.1. The number of ether oxygens (including phenoxy) is 1. The molecule has 5 rings (SSSR count). The molecule has 4 aromatic heterocycles. The van der Waals surface area contributed by atoms with Crippen molar-refractivity contribution in [1.29, 1.82) is 0 Å². The Labute approximate surface area is 164 Å². The number of nitrogens with zero attached hydrogens (tertiary/aromatic N) is 4. The van der Waals surface area contributed by atoms with E-state index in [-0.39, 0.29) is 19.1 Å². The van der Waals surface area contributed by atoms with Crippen molar-refractivity contribution < 1.29 is 14.6 Å². The molecule has 4 N–H and O–H groups in total. The van der Waals surface area contributed by atoms with Gasteiger partial charge in [0, 0.05) is 36.5 Å². The maximum absolute atomic E-state index is 12.8. The number of carbonyl (C=O) groups is 1. The number of aliphatic hydroxyl groups excluding tert-OH is 1. The maximum Gasteiger partial charge on any atom is 0.257 e. The Balaban J connectivity index is 1.60. The number of H-pyrrole nitrogens is 1. The van der Waals surface area contributed by atoms with E-state index in [0.717, 1.165) is 16.6 Å². The zero-order valence-electron chi connectivity index (χ0n) is 15.6. The van der Waals surface area contributed by atoms with E-state index in [1.165, 1.54) is 6.20 Å². The number of hydrogen-bond acceptors (Lipinski definition) is 7. The van der Waals surface area contributed by atoms with E-state index >= 15 is 0 Å². The second-order valence-electron chi connectivity index (χ2n) is 6.86. The summed E-state index contributed by atoms with van der Waals surface area (Å²) >= 11 is 0. The van der Waals surface area contributed by atoms with E-state index in [1.54, 1.807) is 17.8 Å². The molecule has 0 radical (unpaired) electrons. The highest BCUT2D eigenvalue weighted by Crippen LogP contribution is 2.29. The van der Waals surface area contributed by atoms with E-state index in [1.807, 2.05) is 24.4 Å². The van der Waals surface area contributed by atoms with Crippen molar-refractivity contribution in [3.05, 3.63) is 42.4 Å². The van der Waals surface area contributed by atoms with Crippen LogP contribution in [0, 0.1) is 0 Å². The fourth-order valence-electron chi connectivity index (χ4n) is 3.53. The minimum atomic E-state index is -0.726. The minimum Gasteiger partial charge on any atom is -0.388 e. The second kappa shape index (κ2) is 6.83. The molecule has 10 nitrogen and oxygen atoms in total. The number of rotatable bonds is 4. The molecule has 1 fully saturated rings. The molecule has 2 atom stereocenters. The van der Waals surface area contributed by atoms with Crippen LogP contribution in [0.1, 0.15) is 10.4 Å². The van der Waals surface area contributed by atoms with Crippen LogP contribution in [0.4, 0.5) is 5.82 Å². The van der Waals surface area contributed by atoms with E-state index in [0.29, 0.717) is 22.7 Å². The summed E-state index contributed by atoms with van der Waals surface area (Å²) in [6, 6.07) is 5.24. The third-order valence-corrected chi connectivity index (χ3v) is 5.07. The highest BCUT2D eigenvalue weighted by atomic mass is 16.5. The predicted molar refractivity (Wildman–Crippen MR) is 106 cm³/mol. The molecule has 0 aromatic carbocycles. The van der Waals surface area contributed by atoms with Crippen molar-refractivity contribution in [3.8, 4) is 11.3 Å². The van der Waals surface area contributed by atoms with Gasteiger partial charge >= 0.3 is 0 Å². The average Bonchev–Trinajstić information content (AvgIpc) is 3.45. The van der Waals surface area contributed by atoms with Gasteiger partial charge in [-0.05, 0) is 12.1 Å². The molecule has 0 saturated carbocycles. The molecular formula is C19H19N7O3. The molecule has 5 heterocycles. The number of nitrogens with one attached hydrogen (secondary N) is 3. The number of aliphatic hydroxyl groups is 1. The molecule has 29 heavy (non-hydrogen) atoms. The first-order valence-electron chi connectivity index (χ1n) is 9.21. The van der Waals surface area contributed by atoms with Crippen molar-refractivity contribution in [3.63, 3.8) is 0 Å². The van der Waals surface area contributed by atoms with Crippen LogP contribution in [0.2, 0.25) is 0 Å². The highest BCUT2D eigenvalue weighted by molar-refractivity contribution is 6.01. The van der Waals surface area contributed by atoms with E-state index < -0.39 is 12.1 Å². The van der Waals surface area contributed by atoms with Crippen LogP contribution < -0.4 is 10.6 Å². The summed E-state index contributed by atoms with van der Waals surface area (Å²) in [6.45, 7) is 0.482. The molecule has 148 valence electrons. The summed E-state index contributed by atoms with van der Waals surface area (Å²) in [5.41, 5.74) is 3.05. The molecular weight excluding hydrogens is 374 g/mol. The number of aromatic nitrogens is 5. The number of fused-ring (bicyclic) bond motifs is 2. The van der Waals surface area contributed by atoms with Gasteiger partial charge in [-0.1, -0.05) is 0 Å². The van der Waals surface area contributed by atoms with E-state index in [9.17, 15) is 9.90 Å². The molecule has 1 amide bonds. The summed E-state index contributed by atoms with van der Waals surface area (Å²) in [6.07, 6.45) is 4.31. The molecule has 1 aliphatic rings. The summed E-state index contributed by atoms with van der Waals surface area (Å²) < 4.78 is 6.78. The van der Waals surface area contributed by atoms with Gasteiger partial charge in [-0.2, -0.15) is 9.61 Å². The van der Waals surface area contributed by atoms with Gasteiger partial charge in [0.05, 0.1) is 37.3 Å². The summed E-state index contributed by atoms with van der Waals surface area (Å²) in [4.78, 5) is 25.0. The topological polar surface area (TPSA) is 129 Å². The Morgan fingerprint density at radius 1 is 1.41 bits per heavy atom. The number of carbonyl (C=O) groups excluding carboxylic acids is 1.